The molecular formula is C36H57N3O4. The summed E-state index contributed by atoms with van der Waals surface area (Å²) in [7, 11) is 0. The Hall–Kier alpha value is -2.28. The minimum Gasteiger partial charge on any atom is -0.494 e. The van der Waals surface area contributed by atoms with Gasteiger partial charge in [-0.2, -0.15) is 0 Å². The van der Waals surface area contributed by atoms with Crippen LogP contribution in [0.15, 0.2) is 12.1 Å². The molecule has 5 rings (SSSR count). The Bertz CT molecular complexity index is 1060. The van der Waals surface area contributed by atoms with Crippen LogP contribution in [-0.4, -0.2) is 83.7 Å². The van der Waals surface area contributed by atoms with E-state index >= 15 is 0 Å². The lowest BCUT2D eigenvalue weighted by Gasteiger charge is -2.46. The van der Waals surface area contributed by atoms with Crippen LogP contribution in [0.5, 0.6) is 5.75 Å². The van der Waals surface area contributed by atoms with Crippen molar-refractivity contribution in [2.75, 3.05) is 39.3 Å². The zero-order valence-electron chi connectivity index (χ0n) is 27.5. The maximum absolute atomic E-state index is 13.6. The van der Waals surface area contributed by atoms with E-state index in [0.29, 0.717) is 18.6 Å². The Morgan fingerprint density at radius 2 is 1.58 bits per heavy atom. The predicted octanol–water partition coefficient (Wildman–Crippen LogP) is 7.51. The van der Waals surface area contributed by atoms with Crippen molar-refractivity contribution >= 4 is 12.0 Å². The Morgan fingerprint density at radius 1 is 0.930 bits per heavy atom. The molecule has 3 heterocycles. The lowest BCUT2D eigenvalue weighted by molar-refractivity contribution is -0.0385. The van der Waals surface area contributed by atoms with Gasteiger partial charge in [-0.15, -0.1) is 0 Å². The van der Waals surface area contributed by atoms with E-state index in [1.165, 1.54) is 32.1 Å². The molecule has 2 amide bonds. The molecule has 1 unspecified atom stereocenters. The molecule has 4 aliphatic rings. The van der Waals surface area contributed by atoms with Crippen LogP contribution >= 0.6 is 0 Å². The summed E-state index contributed by atoms with van der Waals surface area (Å²) in [6, 6.07) is 4.75. The summed E-state index contributed by atoms with van der Waals surface area (Å²) < 4.78 is 12.3. The zero-order chi connectivity index (χ0) is 30.4. The Balaban J connectivity index is 1.15. The van der Waals surface area contributed by atoms with Crippen molar-refractivity contribution in [1.82, 2.24) is 14.7 Å². The van der Waals surface area contributed by atoms with Crippen molar-refractivity contribution in [2.45, 2.75) is 135 Å². The van der Waals surface area contributed by atoms with Gasteiger partial charge in [0.1, 0.15) is 11.4 Å². The van der Waals surface area contributed by atoms with Crippen LogP contribution in [0.2, 0.25) is 0 Å². The first-order valence-electron chi connectivity index (χ1n) is 17.6. The molecule has 4 fully saturated rings. The molecule has 1 aromatic rings. The Kier molecular flexibility index (Phi) is 11.0. The van der Waals surface area contributed by atoms with Gasteiger partial charge in [0.05, 0.1) is 12.6 Å². The molecule has 1 aromatic carbocycles. The van der Waals surface area contributed by atoms with Gasteiger partial charge in [0.25, 0.3) is 5.91 Å². The number of aryl methyl sites for hydroxylation is 2. The largest absolute Gasteiger partial charge is 0.494 e. The number of piperidine rings is 2. The lowest BCUT2D eigenvalue weighted by atomic mass is 9.80. The smallest absolute Gasteiger partial charge is 0.410 e. The van der Waals surface area contributed by atoms with Crippen molar-refractivity contribution in [3.05, 3.63) is 28.8 Å². The number of rotatable bonds is 11. The topological polar surface area (TPSA) is 62.3 Å². The molecule has 0 bridgehead atoms. The number of carbonyl (C=O) groups excluding carboxylic acids is 2. The minimum atomic E-state index is -0.324. The normalized spacial score (nSPS) is 23.6. The summed E-state index contributed by atoms with van der Waals surface area (Å²) in [5.41, 5.74) is 2.51. The average molecular weight is 596 g/mol. The number of hydrogen-bond acceptors (Lipinski definition) is 5. The number of likely N-dealkylation sites (tertiary alicyclic amines) is 2. The summed E-state index contributed by atoms with van der Waals surface area (Å²) in [5.74, 6) is 1.66. The van der Waals surface area contributed by atoms with E-state index < -0.39 is 0 Å². The summed E-state index contributed by atoms with van der Waals surface area (Å²) >= 11 is 0. The van der Waals surface area contributed by atoms with Gasteiger partial charge < -0.3 is 19.3 Å². The van der Waals surface area contributed by atoms with E-state index in [0.717, 1.165) is 113 Å². The molecule has 240 valence electrons. The van der Waals surface area contributed by atoms with Gasteiger partial charge in [-0.25, -0.2) is 4.79 Å². The maximum atomic E-state index is 13.6. The van der Waals surface area contributed by atoms with Crippen molar-refractivity contribution in [1.29, 1.82) is 0 Å². The molecule has 3 aliphatic heterocycles. The summed E-state index contributed by atoms with van der Waals surface area (Å²) in [6.45, 7) is 13.6. The fourth-order valence-corrected chi connectivity index (χ4v) is 8.35. The van der Waals surface area contributed by atoms with Crippen LogP contribution in [0.4, 0.5) is 4.79 Å². The number of unbranched alkanes of at least 4 members (excludes halogenated alkanes) is 2. The van der Waals surface area contributed by atoms with E-state index in [4.69, 9.17) is 9.47 Å². The predicted molar refractivity (Wildman–Crippen MR) is 172 cm³/mol. The fourth-order valence-electron chi connectivity index (χ4n) is 8.35. The number of nitrogens with zero attached hydrogens (tertiary/aromatic N) is 3. The summed E-state index contributed by atoms with van der Waals surface area (Å²) in [4.78, 5) is 33.7. The van der Waals surface area contributed by atoms with Crippen LogP contribution in [-0.2, 0) is 4.74 Å². The maximum Gasteiger partial charge on any atom is 0.410 e. The van der Waals surface area contributed by atoms with Crippen LogP contribution in [0, 0.1) is 19.8 Å². The standard InChI is InChI=1S/C36H57N3O4/c1-5-7-14-32-36(43-35(41)39(32)26-29-12-10-9-11-13-29)17-21-37(22-18-36)30-15-19-38(20-16-30)34(40)33-27(3)24-31(25-28(33)4)42-23-8-6-2/h24-25,29-30,32H,5-23,26H2,1-4H3. The van der Waals surface area contributed by atoms with Gasteiger partial charge in [0.2, 0.25) is 0 Å². The fraction of sp³-hybridized carbons (Fsp3) is 0.778. The van der Waals surface area contributed by atoms with Crippen molar-refractivity contribution in [3.63, 3.8) is 0 Å². The molecule has 1 saturated carbocycles. The van der Waals surface area contributed by atoms with E-state index in [1.54, 1.807) is 0 Å². The highest BCUT2D eigenvalue weighted by molar-refractivity contribution is 5.97. The molecular weight excluding hydrogens is 538 g/mol. The van der Waals surface area contributed by atoms with Crippen LogP contribution in [0.25, 0.3) is 0 Å². The van der Waals surface area contributed by atoms with E-state index in [9.17, 15) is 9.59 Å². The van der Waals surface area contributed by atoms with Gasteiger partial charge in [-0.1, -0.05) is 52.4 Å². The van der Waals surface area contributed by atoms with Crippen molar-refractivity contribution < 1.29 is 19.1 Å². The third-order valence-electron chi connectivity index (χ3n) is 10.9. The van der Waals surface area contributed by atoms with Gasteiger partial charge in [-0.05, 0) is 81.5 Å². The van der Waals surface area contributed by atoms with Crippen LogP contribution in [0.3, 0.4) is 0 Å². The van der Waals surface area contributed by atoms with Crippen LogP contribution in [0.1, 0.15) is 125 Å². The van der Waals surface area contributed by atoms with Crippen LogP contribution < -0.4 is 4.74 Å². The first-order valence-corrected chi connectivity index (χ1v) is 17.6. The molecule has 0 aromatic heterocycles. The number of benzene rings is 1. The number of amides is 2. The van der Waals surface area contributed by atoms with Gasteiger partial charge in [0.15, 0.2) is 0 Å². The monoisotopic (exact) mass is 595 g/mol. The molecule has 1 atom stereocenters. The summed E-state index contributed by atoms with van der Waals surface area (Å²) in [6.07, 6.45) is 15.8. The lowest BCUT2D eigenvalue weighted by Crippen LogP contribution is -2.56. The van der Waals surface area contributed by atoms with Gasteiger partial charge in [0, 0.05) is 57.2 Å². The Labute approximate surface area is 260 Å². The number of ether oxygens (including phenoxy) is 2. The third kappa shape index (κ3) is 7.34. The second-order valence-electron chi connectivity index (χ2n) is 13.9. The molecule has 0 radical (unpaired) electrons. The number of carbonyl (C=O) groups is 2. The van der Waals surface area contributed by atoms with Crippen molar-refractivity contribution in [3.8, 4) is 5.75 Å². The average Bonchev–Trinajstić information content (AvgIpc) is 3.25. The van der Waals surface area contributed by atoms with Gasteiger partial charge >= 0.3 is 6.09 Å². The quantitative estimate of drug-likeness (QED) is 0.248. The first-order chi connectivity index (χ1) is 20.8. The van der Waals surface area contributed by atoms with Crippen molar-refractivity contribution in [2.24, 2.45) is 5.92 Å². The Morgan fingerprint density at radius 3 is 2.21 bits per heavy atom. The SMILES string of the molecule is CCCCOc1cc(C)c(C(=O)N2CCC(N3CCC4(CC3)OC(=O)N(CC3CCCCC3)C4CCCC)CC2)c(C)c1. The second kappa shape index (κ2) is 14.7. The van der Waals surface area contributed by atoms with E-state index in [1.807, 2.05) is 26.0 Å². The minimum absolute atomic E-state index is 0.0573. The highest BCUT2D eigenvalue weighted by atomic mass is 16.6. The van der Waals surface area contributed by atoms with E-state index in [-0.39, 0.29) is 23.6 Å². The molecule has 0 N–H and O–H groups in total. The second-order valence-corrected chi connectivity index (χ2v) is 13.9. The molecule has 3 saturated heterocycles. The highest BCUT2D eigenvalue weighted by Gasteiger charge is 2.55. The molecule has 7 heteroatoms. The van der Waals surface area contributed by atoms with E-state index in [2.05, 4.69) is 28.5 Å². The molecule has 7 nitrogen and oxygen atoms in total. The molecule has 43 heavy (non-hydrogen) atoms. The molecule has 1 aliphatic carbocycles. The molecule has 1 spiro atoms. The highest BCUT2D eigenvalue weighted by Crippen LogP contribution is 2.43. The number of hydrogen-bond donors (Lipinski definition) is 0. The summed E-state index contributed by atoms with van der Waals surface area (Å²) in [5, 5.41) is 0. The van der Waals surface area contributed by atoms with Gasteiger partial charge in [-0.3, -0.25) is 9.69 Å². The first kappa shape index (κ1) is 32.1. The third-order valence-corrected chi connectivity index (χ3v) is 10.9. The zero-order valence-corrected chi connectivity index (χ0v) is 27.5.